The SMILES string of the molecule is CCCOc1ccccc1C(CC1CC(OCC)C1)NN. The first-order chi connectivity index (χ1) is 10.3. The van der Waals surface area contributed by atoms with Gasteiger partial charge in [-0.1, -0.05) is 25.1 Å². The van der Waals surface area contributed by atoms with E-state index >= 15 is 0 Å². The number of benzene rings is 1. The normalized spacial score (nSPS) is 22.6. The van der Waals surface area contributed by atoms with Crippen molar-refractivity contribution in [3.63, 3.8) is 0 Å². The average Bonchev–Trinajstić information content (AvgIpc) is 2.48. The molecular weight excluding hydrogens is 264 g/mol. The molecule has 0 bridgehead atoms. The van der Waals surface area contributed by atoms with Crippen LogP contribution in [0.15, 0.2) is 24.3 Å². The summed E-state index contributed by atoms with van der Waals surface area (Å²) in [6.45, 7) is 5.72. The van der Waals surface area contributed by atoms with Crippen LogP contribution in [0.5, 0.6) is 5.75 Å². The molecule has 1 aliphatic carbocycles. The van der Waals surface area contributed by atoms with Crippen LogP contribution < -0.4 is 16.0 Å². The zero-order valence-corrected chi connectivity index (χ0v) is 13.2. The summed E-state index contributed by atoms with van der Waals surface area (Å²) in [6.07, 6.45) is 4.78. The molecule has 0 spiro atoms. The number of rotatable bonds is 9. The van der Waals surface area contributed by atoms with Crippen LogP contribution in [0.4, 0.5) is 0 Å². The summed E-state index contributed by atoms with van der Waals surface area (Å²) in [6, 6.07) is 8.33. The summed E-state index contributed by atoms with van der Waals surface area (Å²) in [5.41, 5.74) is 4.12. The molecule has 1 aromatic carbocycles. The van der Waals surface area contributed by atoms with E-state index in [2.05, 4.69) is 25.3 Å². The van der Waals surface area contributed by atoms with Gasteiger partial charge < -0.3 is 9.47 Å². The van der Waals surface area contributed by atoms with Crippen molar-refractivity contribution in [2.24, 2.45) is 11.8 Å². The first kappa shape index (κ1) is 16.3. The van der Waals surface area contributed by atoms with Crippen LogP contribution in [-0.2, 0) is 4.74 Å². The third kappa shape index (κ3) is 4.43. The number of hydrazine groups is 1. The first-order valence-corrected chi connectivity index (χ1v) is 8.07. The lowest BCUT2D eigenvalue weighted by molar-refractivity contribution is -0.0292. The highest BCUT2D eigenvalue weighted by molar-refractivity contribution is 5.36. The molecular formula is C17H28N2O2. The number of nitrogens with one attached hydrogen (secondary N) is 1. The molecule has 3 N–H and O–H groups in total. The van der Waals surface area contributed by atoms with Crippen molar-refractivity contribution in [2.45, 2.75) is 51.7 Å². The van der Waals surface area contributed by atoms with Gasteiger partial charge in [-0.25, -0.2) is 0 Å². The third-order valence-electron chi connectivity index (χ3n) is 4.12. The Kier molecular flexibility index (Phi) is 6.49. The lowest BCUT2D eigenvalue weighted by Crippen LogP contribution is -2.36. The van der Waals surface area contributed by atoms with Crippen molar-refractivity contribution in [1.29, 1.82) is 0 Å². The average molecular weight is 292 g/mol. The van der Waals surface area contributed by atoms with Gasteiger partial charge in [0, 0.05) is 18.2 Å². The van der Waals surface area contributed by atoms with Gasteiger partial charge in [-0.2, -0.15) is 0 Å². The highest BCUT2D eigenvalue weighted by Crippen LogP contribution is 2.38. The van der Waals surface area contributed by atoms with Crippen molar-refractivity contribution in [3.05, 3.63) is 29.8 Å². The fourth-order valence-corrected chi connectivity index (χ4v) is 2.97. The standard InChI is InChI=1S/C17H28N2O2/c1-3-9-21-17-8-6-5-7-15(17)16(19-18)12-13-10-14(11-13)20-4-2/h5-8,13-14,16,19H,3-4,9-12,18H2,1-2H3. The Morgan fingerprint density at radius 1 is 1.29 bits per heavy atom. The fourth-order valence-electron chi connectivity index (χ4n) is 2.97. The Morgan fingerprint density at radius 3 is 2.71 bits per heavy atom. The Hall–Kier alpha value is -1.10. The number of nitrogens with two attached hydrogens (primary N) is 1. The second kappa shape index (κ2) is 8.37. The van der Waals surface area contributed by atoms with Crippen LogP contribution in [0.25, 0.3) is 0 Å². The van der Waals surface area contributed by atoms with Gasteiger partial charge >= 0.3 is 0 Å². The van der Waals surface area contributed by atoms with Gasteiger partial charge in [0.1, 0.15) is 5.75 Å². The molecule has 0 aliphatic heterocycles. The lowest BCUT2D eigenvalue weighted by atomic mass is 9.77. The Morgan fingerprint density at radius 2 is 2.05 bits per heavy atom. The van der Waals surface area contributed by atoms with Gasteiger partial charge in [0.05, 0.1) is 12.7 Å². The zero-order chi connectivity index (χ0) is 15.1. The van der Waals surface area contributed by atoms with Crippen LogP contribution in [0, 0.1) is 5.92 Å². The quantitative estimate of drug-likeness (QED) is 0.542. The second-order valence-corrected chi connectivity index (χ2v) is 5.76. The summed E-state index contributed by atoms with van der Waals surface area (Å²) < 4.78 is 11.5. The highest BCUT2D eigenvalue weighted by atomic mass is 16.5. The summed E-state index contributed by atoms with van der Waals surface area (Å²) in [7, 11) is 0. The van der Waals surface area contributed by atoms with E-state index in [1.54, 1.807) is 0 Å². The molecule has 1 fully saturated rings. The first-order valence-electron chi connectivity index (χ1n) is 8.07. The van der Waals surface area contributed by atoms with Crippen molar-refractivity contribution in [3.8, 4) is 5.75 Å². The van der Waals surface area contributed by atoms with Gasteiger partial charge in [0.25, 0.3) is 0 Å². The molecule has 21 heavy (non-hydrogen) atoms. The van der Waals surface area contributed by atoms with E-state index in [9.17, 15) is 0 Å². The maximum absolute atomic E-state index is 5.84. The Balaban J connectivity index is 1.94. The van der Waals surface area contributed by atoms with Crippen LogP contribution in [0.2, 0.25) is 0 Å². The molecule has 0 saturated heterocycles. The second-order valence-electron chi connectivity index (χ2n) is 5.76. The van der Waals surface area contributed by atoms with E-state index < -0.39 is 0 Å². The molecule has 0 radical (unpaired) electrons. The number of para-hydroxylation sites is 1. The third-order valence-corrected chi connectivity index (χ3v) is 4.12. The number of hydrogen-bond acceptors (Lipinski definition) is 4. The lowest BCUT2D eigenvalue weighted by Gasteiger charge is -2.37. The molecule has 1 aromatic rings. The molecule has 1 atom stereocenters. The van der Waals surface area contributed by atoms with E-state index in [0.717, 1.165) is 50.2 Å². The van der Waals surface area contributed by atoms with Gasteiger partial charge in [-0.3, -0.25) is 11.3 Å². The van der Waals surface area contributed by atoms with E-state index in [0.29, 0.717) is 12.0 Å². The molecule has 4 heteroatoms. The maximum atomic E-state index is 5.84. The number of hydrogen-bond donors (Lipinski definition) is 2. The molecule has 2 rings (SSSR count). The predicted octanol–water partition coefficient (Wildman–Crippen LogP) is 3.19. The summed E-state index contributed by atoms with van der Waals surface area (Å²) in [5, 5.41) is 0. The minimum atomic E-state index is 0.144. The molecule has 1 aliphatic rings. The molecule has 0 heterocycles. The summed E-state index contributed by atoms with van der Waals surface area (Å²) in [4.78, 5) is 0. The number of ether oxygens (including phenoxy) is 2. The van der Waals surface area contributed by atoms with Crippen LogP contribution in [-0.4, -0.2) is 19.3 Å². The van der Waals surface area contributed by atoms with Crippen LogP contribution >= 0.6 is 0 Å². The van der Waals surface area contributed by atoms with Crippen molar-refractivity contribution < 1.29 is 9.47 Å². The minimum absolute atomic E-state index is 0.144. The van der Waals surface area contributed by atoms with Crippen LogP contribution in [0.3, 0.4) is 0 Å². The molecule has 1 unspecified atom stereocenters. The summed E-state index contributed by atoms with van der Waals surface area (Å²) in [5.74, 6) is 7.42. The van der Waals surface area contributed by atoms with E-state index in [4.69, 9.17) is 15.3 Å². The maximum Gasteiger partial charge on any atom is 0.124 e. The van der Waals surface area contributed by atoms with E-state index in [1.165, 1.54) is 0 Å². The molecule has 1 saturated carbocycles. The van der Waals surface area contributed by atoms with Crippen molar-refractivity contribution >= 4 is 0 Å². The zero-order valence-electron chi connectivity index (χ0n) is 13.2. The highest BCUT2D eigenvalue weighted by Gasteiger charge is 2.32. The Bertz CT molecular complexity index is 419. The minimum Gasteiger partial charge on any atom is -0.493 e. The topological polar surface area (TPSA) is 56.5 Å². The summed E-state index contributed by atoms with van der Waals surface area (Å²) >= 11 is 0. The largest absolute Gasteiger partial charge is 0.493 e. The van der Waals surface area contributed by atoms with E-state index in [1.807, 2.05) is 18.2 Å². The smallest absolute Gasteiger partial charge is 0.124 e. The van der Waals surface area contributed by atoms with Crippen molar-refractivity contribution in [1.82, 2.24) is 5.43 Å². The Labute approximate surface area is 128 Å². The van der Waals surface area contributed by atoms with Gasteiger partial charge in [0.2, 0.25) is 0 Å². The monoisotopic (exact) mass is 292 g/mol. The fraction of sp³-hybridized carbons (Fsp3) is 0.647. The molecule has 0 amide bonds. The van der Waals surface area contributed by atoms with Gasteiger partial charge in [-0.05, 0) is 44.6 Å². The van der Waals surface area contributed by atoms with Gasteiger partial charge in [0.15, 0.2) is 0 Å². The molecule has 4 nitrogen and oxygen atoms in total. The predicted molar refractivity (Wildman–Crippen MR) is 85.0 cm³/mol. The molecule has 118 valence electrons. The van der Waals surface area contributed by atoms with E-state index in [-0.39, 0.29) is 6.04 Å². The van der Waals surface area contributed by atoms with Crippen molar-refractivity contribution in [2.75, 3.05) is 13.2 Å². The molecule has 0 aromatic heterocycles. The van der Waals surface area contributed by atoms with Gasteiger partial charge in [-0.15, -0.1) is 0 Å². The van der Waals surface area contributed by atoms with Crippen LogP contribution in [0.1, 0.15) is 51.1 Å².